The van der Waals surface area contributed by atoms with Gasteiger partial charge >= 0.3 is 0 Å². The molecule has 1 unspecified atom stereocenters. The molecular weight excluding hydrogens is 268 g/mol. The summed E-state index contributed by atoms with van der Waals surface area (Å²) in [6, 6.07) is 4.79. The molecule has 4 nitrogen and oxygen atoms in total. The molecule has 1 aromatic rings. The van der Waals surface area contributed by atoms with Crippen LogP contribution < -0.4 is 10.5 Å². The van der Waals surface area contributed by atoms with Crippen LogP contribution in [-0.4, -0.2) is 26.5 Å². The summed E-state index contributed by atoms with van der Waals surface area (Å²) in [5, 5.41) is 0. The van der Waals surface area contributed by atoms with Crippen LogP contribution in [0.15, 0.2) is 23.1 Å². The molecule has 3 N–H and O–H groups in total. The molecule has 0 saturated carbocycles. The summed E-state index contributed by atoms with van der Waals surface area (Å²) >= 11 is 1.63. The van der Waals surface area contributed by atoms with Crippen molar-refractivity contribution in [2.75, 3.05) is 17.7 Å². The third kappa shape index (κ3) is 3.90. The molecular formula is C12H20N2O2S2. The van der Waals surface area contributed by atoms with Crippen molar-refractivity contribution < 1.29 is 8.42 Å². The van der Waals surface area contributed by atoms with Gasteiger partial charge in [0, 0.05) is 17.5 Å². The quantitative estimate of drug-likeness (QED) is 0.785. The fourth-order valence-corrected chi connectivity index (χ4v) is 4.07. The highest BCUT2D eigenvalue weighted by atomic mass is 32.2. The summed E-state index contributed by atoms with van der Waals surface area (Å²) < 4.78 is 27.2. The lowest BCUT2D eigenvalue weighted by Crippen LogP contribution is -2.36. The van der Waals surface area contributed by atoms with Crippen LogP contribution >= 0.6 is 11.8 Å². The maximum Gasteiger partial charge on any atom is 0.241 e. The van der Waals surface area contributed by atoms with Gasteiger partial charge in [0.2, 0.25) is 10.0 Å². The summed E-state index contributed by atoms with van der Waals surface area (Å²) in [7, 11) is -3.46. The lowest BCUT2D eigenvalue weighted by molar-refractivity contribution is 0.557. The van der Waals surface area contributed by atoms with Gasteiger partial charge in [-0.15, -0.1) is 0 Å². The predicted molar refractivity (Wildman–Crippen MR) is 78.4 cm³/mol. The van der Waals surface area contributed by atoms with E-state index in [-0.39, 0.29) is 6.04 Å². The van der Waals surface area contributed by atoms with E-state index in [1.807, 2.05) is 13.2 Å². The first-order valence-corrected chi connectivity index (χ1v) is 8.65. The first-order chi connectivity index (χ1) is 8.40. The minimum absolute atomic E-state index is 0.0399. The van der Waals surface area contributed by atoms with Crippen molar-refractivity contribution >= 4 is 27.5 Å². The van der Waals surface area contributed by atoms with Crippen LogP contribution in [0.3, 0.4) is 0 Å². The Kier molecular flexibility index (Phi) is 5.49. The van der Waals surface area contributed by atoms with Gasteiger partial charge in [-0.25, -0.2) is 13.1 Å². The van der Waals surface area contributed by atoms with E-state index in [2.05, 4.69) is 4.72 Å². The van der Waals surface area contributed by atoms with Gasteiger partial charge in [-0.3, -0.25) is 0 Å². The Bertz CT molecular complexity index is 501. The molecule has 0 radical (unpaired) electrons. The predicted octanol–water partition coefficient (Wildman–Crippen LogP) is 2.00. The number of hydrogen-bond donors (Lipinski definition) is 2. The Morgan fingerprint density at radius 3 is 2.61 bits per heavy atom. The minimum atomic E-state index is -3.46. The molecule has 1 aromatic carbocycles. The van der Waals surface area contributed by atoms with Crippen molar-refractivity contribution in [3.63, 3.8) is 0 Å². The number of nitrogens with two attached hydrogens (primary N) is 1. The molecule has 0 aliphatic carbocycles. The highest BCUT2D eigenvalue weighted by molar-refractivity contribution is 7.98. The first-order valence-electron chi connectivity index (χ1n) is 5.78. The number of nitrogens with one attached hydrogen (secondary N) is 1. The zero-order valence-electron chi connectivity index (χ0n) is 10.9. The van der Waals surface area contributed by atoms with Crippen molar-refractivity contribution in [2.24, 2.45) is 0 Å². The Morgan fingerprint density at radius 2 is 2.11 bits per heavy atom. The second kappa shape index (κ2) is 6.45. The van der Waals surface area contributed by atoms with Gasteiger partial charge < -0.3 is 5.73 Å². The highest BCUT2D eigenvalue weighted by Gasteiger charge is 2.20. The SMILES string of the molecule is CCC(CSC)NS(=O)(=O)c1ccc(N)cc1C. The topological polar surface area (TPSA) is 72.2 Å². The Morgan fingerprint density at radius 1 is 1.44 bits per heavy atom. The molecule has 0 aliphatic heterocycles. The summed E-state index contributed by atoms with van der Waals surface area (Å²) in [6.45, 7) is 3.72. The molecule has 0 spiro atoms. The summed E-state index contributed by atoms with van der Waals surface area (Å²) in [4.78, 5) is 0.302. The monoisotopic (exact) mass is 288 g/mol. The summed E-state index contributed by atoms with van der Waals surface area (Å²) in [5.74, 6) is 0.768. The molecule has 102 valence electrons. The van der Waals surface area contributed by atoms with E-state index in [0.717, 1.165) is 12.2 Å². The molecule has 1 atom stereocenters. The minimum Gasteiger partial charge on any atom is -0.399 e. The van der Waals surface area contributed by atoms with E-state index in [1.54, 1.807) is 36.9 Å². The van der Waals surface area contributed by atoms with Crippen molar-refractivity contribution in [3.05, 3.63) is 23.8 Å². The van der Waals surface area contributed by atoms with Crippen molar-refractivity contribution in [3.8, 4) is 0 Å². The number of rotatable bonds is 6. The number of anilines is 1. The van der Waals surface area contributed by atoms with E-state index >= 15 is 0 Å². The zero-order chi connectivity index (χ0) is 13.8. The van der Waals surface area contributed by atoms with Crippen molar-refractivity contribution in [1.82, 2.24) is 4.72 Å². The number of thioether (sulfide) groups is 1. The molecule has 0 bridgehead atoms. The molecule has 0 aliphatic rings. The van der Waals surface area contributed by atoms with E-state index in [4.69, 9.17) is 5.73 Å². The number of hydrogen-bond acceptors (Lipinski definition) is 4. The molecule has 0 saturated heterocycles. The van der Waals surface area contributed by atoms with Gasteiger partial charge in [-0.05, 0) is 43.4 Å². The second-order valence-corrected chi connectivity index (χ2v) is 6.80. The second-order valence-electron chi connectivity index (χ2n) is 4.21. The van der Waals surface area contributed by atoms with Crippen LogP contribution in [0.2, 0.25) is 0 Å². The first kappa shape index (κ1) is 15.3. The number of sulfonamides is 1. The highest BCUT2D eigenvalue weighted by Crippen LogP contribution is 2.18. The van der Waals surface area contributed by atoms with Gasteiger partial charge in [0.05, 0.1) is 4.90 Å². The Hall–Kier alpha value is -0.720. The average Bonchev–Trinajstić information content (AvgIpc) is 2.27. The maximum atomic E-state index is 12.2. The molecule has 6 heteroatoms. The molecule has 0 fully saturated rings. The van der Waals surface area contributed by atoms with Crippen molar-refractivity contribution in [1.29, 1.82) is 0 Å². The van der Waals surface area contributed by atoms with Crippen LogP contribution in [0.4, 0.5) is 5.69 Å². The van der Waals surface area contributed by atoms with Gasteiger partial charge in [0.25, 0.3) is 0 Å². The van der Waals surface area contributed by atoms with Crippen LogP contribution in [0, 0.1) is 6.92 Å². The number of aryl methyl sites for hydroxylation is 1. The van der Waals surface area contributed by atoms with E-state index < -0.39 is 10.0 Å². The van der Waals surface area contributed by atoms with Gasteiger partial charge in [-0.1, -0.05) is 6.92 Å². The summed E-state index contributed by atoms with van der Waals surface area (Å²) in [6.07, 6.45) is 2.74. The standard InChI is InChI=1S/C12H20N2O2S2/c1-4-11(8-17-3)14-18(15,16)12-6-5-10(13)7-9(12)2/h5-7,11,14H,4,8,13H2,1-3H3. The fraction of sp³-hybridized carbons (Fsp3) is 0.500. The smallest absolute Gasteiger partial charge is 0.241 e. The third-order valence-corrected chi connectivity index (χ3v) is 5.09. The van der Waals surface area contributed by atoms with E-state index in [9.17, 15) is 8.42 Å². The van der Waals surface area contributed by atoms with E-state index in [1.165, 1.54) is 0 Å². The van der Waals surface area contributed by atoms with Gasteiger partial charge in [0.1, 0.15) is 0 Å². The molecule has 0 heterocycles. The zero-order valence-corrected chi connectivity index (χ0v) is 12.6. The van der Waals surface area contributed by atoms with E-state index in [0.29, 0.717) is 16.1 Å². The Balaban J connectivity index is 2.99. The van der Waals surface area contributed by atoms with Crippen LogP contribution in [0.25, 0.3) is 0 Å². The lowest BCUT2D eigenvalue weighted by atomic mass is 10.2. The number of nitrogen functional groups attached to an aromatic ring is 1. The average molecular weight is 288 g/mol. The third-order valence-electron chi connectivity index (χ3n) is 2.67. The summed E-state index contributed by atoms with van der Waals surface area (Å²) in [5.41, 5.74) is 6.87. The maximum absolute atomic E-state index is 12.2. The lowest BCUT2D eigenvalue weighted by Gasteiger charge is -2.17. The van der Waals surface area contributed by atoms with Crippen LogP contribution in [-0.2, 0) is 10.0 Å². The normalized spacial score (nSPS) is 13.5. The molecule has 0 aromatic heterocycles. The van der Waals surface area contributed by atoms with Gasteiger partial charge in [0.15, 0.2) is 0 Å². The largest absolute Gasteiger partial charge is 0.399 e. The fourth-order valence-electron chi connectivity index (χ4n) is 1.69. The molecule has 1 rings (SSSR count). The van der Waals surface area contributed by atoms with Crippen LogP contribution in [0.1, 0.15) is 18.9 Å². The van der Waals surface area contributed by atoms with Crippen LogP contribution in [0.5, 0.6) is 0 Å². The Labute approximate surface area is 113 Å². The van der Waals surface area contributed by atoms with Crippen molar-refractivity contribution in [2.45, 2.75) is 31.2 Å². The van der Waals surface area contributed by atoms with Gasteiger partial charge in [-0.2, -0.15) is 11.8 Å². The molecule has 18 heavy (non-hydrogen) atoms. The number of benzene rings is 1. The molecule has 0 amide bonds.